The lowest BCUT2D eigenvalue weighted by atomic mass is 9.98. The molecule has 3 N–H and O–H groups in total. The van der Waals surface area contributed by atoms with E-state index < -0.39 is 34.2 Å². The van der Waals surface area contributed by atoms with Gasteiger partial charge in [0.15, 0.2) is 5.13 Å². The zero-order chi connectivity index (χ0) is 21.6. The van der Waals surface area contributed by atoms with Crippen LogP contribution in [0.1, 0.15) is 16.1 Å². The van der Waals surface area contributed by atoms with E-state index in [4.69, 9.17) is 4.74 Å². The van der Waals surface area contributed by atoms with Crippen LogP contribution in [0.25, 0.3) is 0 Å². The van der Waals surface area contributed by atoms with Crippen LogP contribution in [0.4, 0.5) is 5.13 Å². The summed E-state index contributed by atoms with van der Waals surface area (Å²) >= 11 is 1.00. The van der Waals surface area contributed by atoms with Crippen molar-refractivity contribution >= 4 is 32.4 Å². The molecule has 29 heavy (non-hydrogen) atoms. The number of amides is 1. The largest absolute Gasteiger partial charge is 0.388 e. The quantitative estimate of drug-likeness (QED) is 0.451. The third kappa shape index (κ3) is 6.44. The van der Waals surface area contributed by atoms with E-state index in [0.717, 1.165) is 27.5 Å². The van der Waals surface area contributed by atoms with Crippen LogP contribution in [0.15, 0.2) is 29.9 Å². The Bertz CT molecular complexity index is 906. The first-order valence-corrected chi connectivity index (χ1v) is 11.3. The lowest BCUT2D eigenvalue weighted by Gasteiger charge is -2.27. The van der Waals surface area contributed by atoms with E-state index in [1.165, 1.54) is 19.5 Å². The van der Waals surface area contributed by atoms with Crippen LogP contribution in [0.3, 0.4) is 0 Å². The SMILES string of the molecule is COCC(O)C(O)C(Cc1ccncc1)NC(=O)c1csc(N(C)S(C)(=O)=O)n1. The maximum absolute atomic E-state index is 12.6. The van der Waals surface area contributed by atoms with Crippen molar-refractivity contribution in [2.45, 2.75) is 24.7 Å². The molecule has 2 aromatic rings. The number of carbonyl (C=O) groups is 1. The van der Waals surface area contributed by atoms with E-state index in [-0.39, 0.29) is 23.9 Å². The average Bonchev–Trinajstić information content (AvgIpc) is 3.16. The lowest BCUT2D eigenvalue weighted by molar-refractivity contribution is -0.0407. The number of sulfonamides is 1. The molecule has 0 fully saturated rings. The summed E-state index contributed by atoms with van der Waals surface area (Å²) in [5, 5.41) is 24.8. The number of aromatic nitrogens is 2. The second kappa shape index (κ2) is 10.1. The Morgan fingerprint density at radius 1 is 1.34 bits per heavy atom. The number of aliphatic hydroxyl groups excluding tert-OH is 2. The number of ether oxygens (including phenoxy) is 1. The van der Waals surface area contributed by atoms with Crippen LogP contribution in [0, 0.1) is 0 Å². The molecule has 0 aromatic carbocycles. The molecule has 0 radical (unpaired) electrons. The Balaban J connectivity index is 2.19. The minimum atomic E-state index is -3.51. The van der Waals surface area contributed by atoms with Crippen molar-refractivity contribution in [1.82, 2.24) is 15.3 Å². The van der Waals surface area contributed by atoms with Gasteiger partial charge >= 0.3 is 0 Å². The van der Waals surface area contributed by atoms with Crippen molar-refractivity contribution in [3.8, 4) is 0 Å². The van der Waals surface area contributed by atoms with E-state index in [1.807, 2.05) is 0 Å². The predicted molar refractivity (Wildman–Crippen MR) is 108 cm³/mol. The summed E-state index contributed by atoms with van der Waals surface area (Å²) in [5.74, 6) is -0.600. The first kappa shape index (κ1) is 23.2. The van der Waals surface area contributed by atoms with Crippen LogP contribution in [-0.4, -0.2) is 79.8 Å². The minimum Gasteiger partial charge on any atom is -0.388 e. The van der Waals surface area contributed by atoms with Crippen molar-refractivity contribution in [2.75, 3.05) is 31.3 Å². The summed E-state index contributed by atoms with van der Waals surface area (Å²) in [6.07, 6.45) is 1.92. The molecule has 0 aliphatic carbocycles. The number of pyridine rings is 1. The zero-order valence-electron chi connectivity index (χ0n) is 16.2. The Labute approximate surface area is 173 Å². The highest BCUT2D eigenvalue weighted by molar-refractivity contribution is 7.92. The molecule has 2 aromatic heterocycles. The highest BCUT2D eigenvalue weighted by atomic mass is 32.2. The van der Waals surface area contributed by atoms with Gasteiger partial charge in [0, 0.05) is 31.9 Å². The van der Waals surface area contributed by atoms with Crippen LogP contribution in [0.2, 0.25) is 0 Å². The molecule has 1 amide bonds. The number of aliphatic hydroxyl groups is 2. The fourth-order valence-electron chi connectivity index (χ4n) is 2.46. The van der Waals surface area contributed by atoms with Gasteiger partial charge in [-0.3, -0.25) is 9.78 Å². The number of carbonyl (C=O) groups excluding carboxylic acids is 1. The summed E-state index contributed by atoms with van der Waals surface area (Å²) in [5.41, 5.74) is 0.804. The second-order valence-electron chi connectivity index (χ2n) is 6.40. The van der Waals surface area contributed by atoms with E-state index in [1.54, 1.807) is 24.5 Å². The molecular weight excluding hydrogens is 420 g/mol. The molecule has 2 heterocycles. The molecule has 0 aliphatic heterocycles. The molecule has 0 saturated carbocycles. The third-order valence-corrected chi connectivity index (χ3v) is 6.36. The summed E-state index contributed by atoms with van der Waals surface area (Å²) < 4.78 is 29.1. The maximum atomic E-state index is 12.6. The van der Waals surface area contributed by atoms with Gasteiger partial charge < -0.3 is 20.3 Å². The van der Waals surface area contributed by atoms with Crippen LogP contribution in [0.5, 0.6) is 0 Å². The third-order valence-electron chi connectivity index (χ3n) is 4.16. The summed E-state index contributed by atoms with van der Waals surface area (Å²) in [6, 6.07) is 2.63. The number of rotatable bonds is 10. The van der Waals surface area contributed by atoms with Gasteiger partial charge in [0.05, 0.1) is 18.9 Å². The van der Waals surface area contributed by atoms with E-state index in [9.17, 15) is 23.4 Å². The normalized spacial score (nSPS) is 14.8. The summed E-state index contributed by atoms with van der Waals surface area (Å²) in [6.45, 7) is -0.107. The monoisotopic (exact) mass is 444 g/mol. The van der Waals surface area contributed by atoms with E-state index in [2.05, 4.69) is 15.3 Å². The predicted octanol–water partition coefficient (Wildman–Crippen LogP) is -0.357. The van der Waals surface area contributed by atoms with Gasteiger partial charge in [-0.2, -0.15) is 0 Å². The zero-order valence-corrected chi connectivity index (χ0v) is 17.9. The molecular formula is C17H24N4O6S2. The Morgan fingerprint density at radius 3 is 2.59 bits per heavy atom. The molecule has 0 saturated heterocycles. The van der Waals surface area contributed by atoms with E-state index in [0.29, 0.717) is 0 Å². The molecule has 3 atom stereocenters. The number of nitrogens with one attached hydrogen (secondary N) is 1. The minimum absolute atomic E-state index is 0.00802. The standard InChI is InChI=1S/C17H24N4O6S2/c1-21(29(3,25)26)17-20-13(10-28-17)16(24)19-12(15(23)14(22)9-27-2)8-11-4-6-18-7-5-11/h4-7,10,12,14-15,22-23H,8-9H2,1-3H3,(H,19,24). The highest BCUT2D eigenvalue weighted by Crippen LogP contribution is 2.21. The number of nitrogens with zero attached hydrogens (tertiary/aromatic N) is 3. The number of thiazole rings is 1. The number of anilines is 1. The average molecular weight is 445 g/mol. The van der Waals surface area contributed by atoms with Crippen molar-refractivity contribution in [3.63, 3.8) is 0 Å². The van der Waals surface area contributed by atoms with Crippen LogP contribution >= 0.6 is 11.3 Å². The van der Waals surface area contributed by atoms with Gasteiger partial charge in [0.2, 0.25) is 10.0 Å². The number of hydrogen-bond donors (Lipinski definition) is 3. The van der Waals surface area contributed by atoms with Crippen LogP contribution in [-0.2, 0) is 21.2 Å². The molecule has 0 spiro atoms. The molecule has 3 unspecified atom stereocenters. The summed E-state index contributed by atoms with van der Waals surface area (Å²) in [4.78, 5) is 20.6. The topological polar surface area (TPSA) is 142 Å². The highest BCUT2D eigenvalue weighted by Gasteiger charge is 2.29. The molecule has 160 valence electrons. The first-order chi connectivity index (χ1) is 13.6. The van der Waals surface area contributed by atoms with Crippen LogP contribution < -0.4 is 9.62 Å². The molecule has 0 aliphatic rings. The summed E-state index contributed by atoms with van der Waals surface area (Å²) in [7, 11) is -0.776. The molecule has 12 heteroatoms. The fraction of sp³-hybridized carbons (Fsp3) is 0.471. The van der Waals surface area contributed by atoms with Crippen molar-refractivity contribution in [3.05, 3.63) is 41.2 Å². The van der Waals surface area contributed by atoms with Gasteiger partial charge in [-0.15, -0.1) is 11.3 Å². The number of hydrogen-bond acceptors (Lipinski definition) is 9. The van der Waals surface area contributed by atoms with Crippen molar-refractivity contribution in [2.24, 2.45) is 0 Å². The molecule has 0 bridgehead atoms. The van der Waals surface area contributed by atoms with Gasteiger partial charge in [0.1, 0.15) is 17.9 Å². The first-order valence-electron chi connectivity index (χ1n) is 8.57. The number of methoxy groups -OCH3 is 1. The lowest BCUT2D eigenvalue weighted by Crippen LogP contribution is -2.51. The second-order valence-corrected chi connectivity index (χ2v) is 9.25. The Kier molecular flexibility index (Phi) is 8.05. The van der Waals surface area contributed by atoms with Gasteiger partial charge in [-0.25, -0.2) is 17.7 Å². The molecule has 10 nitrogen and oxygen atoms in total. The Hall–Kier alpha value is -2.12. The maximum Gasteiger partial charge on any atom is 0.271 e. The van der Waals surface area contributed by atoms with Gasteiger partial charge in [-0.05, 0) is 24.1 Å². The van der Waals surface area contributed by atoms with Gasteiger partial charge in [0.25, 0.3) is 5.91 Å². The van der Waals surface area contributed by atoms with Crippen molar-refractivity contribution in [1.29, 1.82) is 0 Å². The smallest absolute Gasteiger partial charge is 0.271 e. The Morgan fingerprint density at radius 2 is 2.00 bits per heavy atom. The van der Waals surface area contributed by atoms with Crippen molar-refractivity contribution < 1.29 is 28.2 Å². The van der Waals surface area contributed by atoms with E-state index >= 15 is 0 Å². The van der Waals surface area contributed by atoms with Gasteiger partial charge in [-0.1, -0.05) is 0 Å². The molecule has 2 rings (SSSR count). The fourth-order valence-corrected chi connectivity index (χ4v) is 4.00.